The van der Waals surface area contributed by atoms with Crippen LogP contribution in [0, 0.1) is 5.82 Å². The SMILES string of the molecule is CCC(CNC(=O)COc1ccc(F)cc1)c1ccccc1. The summed E-state index contributed by atoms with van der Waals surface area (Å²) in [6.45, 7) is 2.60. The van der Waals surface area contributed by atoms with Gasteiger partial charge in [0.25, 0.3) is 5.91 Å². The Hall–Kier alpha value is -2.36. The molecule has 0 aliphatic carbocycles. The second-order valence-electron chi connectivity index (χ2n) is 5.06. The monoisotopic (exact) mass is 301 g/mol. The largest absolute Gasteiger partial charge is 0.484 e. The van der Waals surface area contributed by atoms with Crippen molar-refractivity contribution >= 4 is 5.91 Å². The third kappa shape index (κ3) is 4.88. The highest BCUT2D eigenvalue weighted by Gasteiger charge is 2.11. The first-order valence-corrected chi connectivity index (χ1v) is 7.39. The molecule has 3 nitrogen and oxygen atoms in total. The predicted octanol–water partition coefficient (Wildman–Crippen LogP) is 3.51. The van der Waals surface area contributed by atoms with E-state index in [2.05, 4.69) is 24.4 Å². The quantitative estimate of drug-likeness (QED) is 0.850. The molecule has 0 aliphatic rings. The number of ether oxygens (including phenoxy) is 1. The summed E-state index contributed by atoms with van der Waals surface area (Å²) >= 11 is 0. The van der Waals surface area contributed by atoms with E-state index in [9.17, 15) is 9.18 Å². The number of hydrogen-bond acceptors (Lipinski definition) is 2. The molecule has 0 aliphatic heterocycles. The van der Waals surface area contributed by atoms with Crippen LogP contribution in [0.5, 0.6) is 5.75 Å². The smallest absolute Gasteiger partial charge is 0.257 e. The Kier molecular flexibility index (Phi) is 5.95. The third-order valence-electron chi connectivity index (χ3n) is 3.49. The van der Waals surface area contributed by atoms with Gasteiger partial charge in [-0.1, -0.05) is 37.3 Å². The van der Waals surface area contributed by atoms with Crippen LogP contribution < -0.4 is 10.1 Å². The molecule has 2 rings (SSSR count). The molecule has 4 heteroatoms. The predicted molar refractivity (Wildman–Crippen MR) is 84.4 cm³/mol. The molecule has 116 valence electrons. The van der Waals surface area contributed by atoms with Crippen LogP contribution in [0.2, 0.25) is 0 Å². The third-order valence-corrected chi connectivity index (χ3v) is 3.49. The van der Waals surface area contributed by atoms with E-state index in [0.29, 0.717) is 12.3 Å². The summed E-state index contributed by atoms with van der Waals surface area (Å²) in [6, 6.07) is 15.7. The van der Waals surface area contributed by atoms with E-state index >= 15 is 0 Å². The van der Waals surface area contributed by atoms with Crippen molar-refractivity contribution in [3.05, 3.63) is 66.0 Å². The maximum atomic E-state index is 12.8. The molecule has 1 unspecified atom stereocenters. The Morgan fingerprint density at radius 3 is 2.45 bits per heavy atom. The van der Waals surface area contributed by atoms with Crippen molar-refractivity contribution in [2.24, 2.45) is 0 Å². The van der Waals surface area contributed by atoms with Gasteiger partial charge in [0.05, 0.1) is 0 Å². The lowest BCUT2D eigenvalue weighted by atomic mass is 9.96. The van der Waals surface area contributed by atoms with Crippen LogP contribution >= 0.6 is 0 Å². The number of rotatable bonds is 7. The Morgan fingerprint density at radius 1 is 1.14 bits per heavy atom. The van der Waals surface area contributed by atoms with Gasteiger partial charge in [-0.3, -0.25) is 4.79 Å². The topological polar surface area (TPSA) is 38.3 Å². The molecular weight excluding hydrogens is 281 g/mol. The molecule has 22 heavy (non-hydrogen) atoms. The summed E-state index contributed by atoms with van der Waals surface area (Å²) in [7, 11) is 0. The maximum Gasteiger partial charge on any atom is 0.257 e. The fourth-order valence-electron chi connectivity index (χ4n) is 2.19. The molecule has 0 saturated carbocycles. The lowest BCUT2D eigenvalue weighted by molar-refractivity contribution is -0.123. The molecule has 1 N–H and O–H groups in total. The van der Waals surface area contributed by atoms with Gasteiger partial charge in [-0.05, 0) is 36.2 Å². The summed E-state index contributed by atoms with van der Waals surface area (Å²) < 4.78 is 18.1. The molecule has 0 bridgehead atoms. The standard InChI is InChI=1S/C18H20FNO2/c1-2-14(15-6-4-3-5-7-15)12-20-18(21)13-22-17-10-8-16(19)9-11-17/h3-11,14H,2,12-13H2,1H3,(H,20,21). The van der Waals surface area contributed by atoms with Crippen molar-refractivity contribution in [1.82, 2.24) is 5.32 Å². The second-order valence-corrected chi connectivity index (χ2v) is 5.06. The zero-order valence-corrected chi connectivity index (χ0v) is 12.6. The molecule has 1 atom stereocenters. The van der Waals surface area contributed by atoms with Crippen LogP contribution in [0.4, 0.5) is 4.39 Å². The first-order chi connectivity index (χ1) is 10.7. The highest BCUT2D eigenvalue weighted by Crippen LogP contribution is 2.17. The first-order valence-electron chi connectivity index (χ1n) is 7.39. The van der Waals surface area contributed by atoms with E-state index in [1.54, 1.807) is 0 Å². The minimum absolute atomic E-state index is 0.0726. The normalized spacial score (nSPS) is 11.7. The van der Waals surface area contributed by atoms with Gasteiger partial charge in [0.15, 0.2) is 6.61 Å². The van der Waals surface area contributed by atoms with Gasteiger partial charge >= 0.3 is 0 Å². The van der Waals surface area contributed by atoms with Gasteiger partial charge < -0.3 is 10.1 Å². The van der Waals surface area contributed by atoms with Gasteiger partial charge in [0.1, 0.15) is 11.6 Å². The number of nitrogens with one attached hydrogen (secondary N) is 1. The number of carbonyl (C=O) groups excluding carboxylic acids is 1. The minimum atomic E-state index is -0.328. The molecular formula is C18H20FNO2. The molecule has 0 aromatic heterocycles. The van der Waals surface area contributed by atoms with Gasteiger partial charge in [-0.2, -0.15) is 0 Å². The average molecular weight is 301 g/mol. The van der Waals surface area contributed by atoms with Gasteiger partial charge in [-0.25, -0.2) is 4.39 Å². The van der Waals surface area contributed by atoms with Crippen molar-refractivity contribution in [2.75, 3.05) is 13.2 Å². The summed E-state index contributed by atoms with van der Waals surface area (Å²) in [5.74, 6) is 0.256. The molecule has 2 aromatic carbocycles. The summed E-state index contributed by atoms with van der Waals surface area (Å²) in [5.41, 5.74) is 1.21. The average Bonchev–Trinajstić information content (AvgIpc) is 2.56. The van der Waals surface area contributed by atoms with E-state index < -0.39 is 0 Å². The number of halogens is 1. The zero-order valence-electron chi connectivity index (χ0n) is 12.6. The molecule has 0 radical (unpaired) electrons. The van der Waals surface area contributed by atoms with Crippen LogP contribution in [0.25, 0.3) is 0 Å². The van der Waals surface area contributed by atoms with E-state index in [-0.39, 0.29) is 24.2 Å². The van der Waals surface area contributed by atoms with E-state index in [4.69, 9.17) is 4.74 Å². The van der Waals surface area contributed by atoms with E-state index in [1.165, 1.54) is 29.8 Å². The van der Waals surface area contributed by atoms with Crippen molar-refractivity contribution < 1.29 is 13.9 Å². The summed E-state index contributed by atoms with van der Waals surface area (Å²) in [6.07, 6.45) is 0.948. The first kappa shape index (κ1) is 16.0. The van der Waals surface area contributed by atoms with E-state index in [1.807, 2.05) is 18.2 Å². The fourth-order valence-corrected chi connectivity index (χ4v) is 2.19. The van der Waals surface area contributed by atoms with Gasteiger partial charge in [-0.15, -0.1) is 0 Å². The van der Waals surface area contributed by atoms with Crippen molar-refractivity contribution in [2.45, 2.75) is 19.3 Å². The van der Waals surface area contributed by atoms with Crippen molar-refractivity contribution in [3.63, 3.8) is 0 Å². The lowest BCUT2D eigenvalue weighted by Gasteiger charge is -2.16. The Balaban J connectivity index is 1.78. The summed E-state index contributed by atoms with van der Waals surface area (Å²) in [4.78, 5) is 11.8. The lowest BCUT2D eigenvalue weighted by Crippen LogP contribution is -2.32. The van der Waals surface area contributed by atoms with Gasteiger partial charge in [0.2, 0.25) is 0 Å². The van der Waals surface area contributed by atoms with Crippen LogP contribution in [0.15, 0.2) is 54.6 Å². The van der Waals surface area contributed by atoms with Crippen LogP contribution in [-0.4, -0.2) is 19.1 Å². The highest BCUT2D eigenvalue weighted by molar-refractivity contribution is 5.77. The number of amides is 1. The second kappa shape index (κ2) is 8.17. The number of benzene rings is 2. The van der Waals surface area contributed by atoms with Crippen LogP contribution in [0.1, 0.15) is 24.8 Å². The highest BCUT2D eigenvalue weighted by atomic mass is 19.1. The maximum absolute atomic E-state index is 12.8. The van der Waals surface area contributed by atoms with Crippen molar-refractivity contribution in [1.29, 1.82) is 0 Å². The Morgan fingerprint density at radius 2 is 1.82 bits per heavy atom. The number of hydrogen-bond donors (Lipinski definition) is 1. The van der Waals surface area contributed by atoms with Crippen LogP contribution in [0.3, 0.4) is 0 Å². The molecule has 0 spiro atoms. The minimum Gasteiger partial charge on any atom is -0.484 e. The zero-order chi connectivity index (χ0) is 15.8. The molecule has 1 amide bonds. The van der Waals surface area contributed by atoms with Crippen LogP contribution in [-0.2, 0) is 4.79 Å². The molecule has 0 fully saturated rings. The fraction of sp³-hybridized carbons (Fsp3) is 0.278. The molecule has 0 heterocycles. The van der Waals surface area contributed by atoms with Crippen molar-refractivity contribution in [3.8, 4) is 5.75 Å². The number of carbonyl (C=O) groups is 1. The Bertz CT molecular complexity index is 584. The molecule has 2 aromatic rings. The van der Waals surface area contributed by atoms with E-state index in [0.717, 1.165) is 6.42 Å². The Labute approximate surface area is 130 Å². The summed E-state index contributed by atoms with van der Waals surface area (Å²) in [5, 5.41) is 2.88. The molecule has 0 saturated heterocycles. The van der Waals surface area contributed by atoms with Gasteiger partial charge in [0, 0.05) is 12.5 Å².